The molecule has 6 heteroatoms. The number of para-hydroxylation sites is 1. The number of hydrogen-bond acceptors (Lipinski definition) is 4. The van der Waals surface area contributed by atoms with E-state index in [0.717, 1.165) is 22.6 Å². The van der Waals surface area contributed by atoms with Gasteiger partial charge in [0.15, 0.2) is 5.76 Å². The topological polar surface area (TPSA) is 73.0 Å². The molecule has 0 radical (unpaired) electrons. The van der Waals surface area contributed by atoms with Gasteiger partial charge in [-0.1, -0.05) is 53.7 Å². The summed E-state index contributed by atoms with van der Waals surface area (Å²) in [6, 6.07) is 17.4. The SMILES string of the molecule is Cc1nccn1-c1ccccc1CNC(=O)c1cnoc1-c1ccccc1. The van der Waals surface area contributed by atoms with Crippen molar-refractivity contribution in [1.82, 2.24) is 20.0 Å². The molecule has 4 rings (SSSR count). The summed E-state index contributed by atoms with van der Waals surface area (Å²) in [6.45, 7) is 2.32. The van der Waals surface area contributed by atoms with Crippen LogP contribution in [0.15, 0.2) is 77.7 Å². The van der Waals surface area contributed by atoms with Crippen molar-refractivity contribution in [2.24, 2.45) is 0 Å². The van der Waals surface area contributed by atoms with Crippen LogP contribution in [0.2, 0.25) is 0 Å². The second-order valence-corrected chi connectivity index (χ2v) is 6.09. The van der Waals surface area contributed by atoms with Crippen molar-refractivity contribution in [1.29, 1.82) is 0 Å². The van der Waals surface area contributed by atoms with Crippen LogP contribution in [0.4, 0.5) is 0 Å². The average molecular weight is 358 g/mol. The van der Waals surface area contributed by atoms with Crippen LogP contribution in [0.1, 0.15) is 21.7 Å². The van der Waals surface area contributed by atoms with Crippen molar-refractivity contribution in [2.75, 3.05) is 0 Å². The summed E-state index contributed by atoms with van der Waals surface area (Å²) in [5, 5.41) is 6.76. The predicted molar refractivity (Wildman–Crippen MR) is 101 cm³/mol. The van der Waals surface area contributed by atoms with Gasteiger partial charge in [-0.05, 0) is 18.6 Å². The first kappa shape index (κ1) is 16.8. The molecule has 2 aromatic carbocycles. The lowest BCUT2D eigenvalue weighted by Crippen LogP contribution is -2.23. The lowest BCUT2D eigenvalue weighted by Gasteiger charge is -2.12. The van der Waals surface area contributed by atoms with E-state index in [-0.39, 0.29) is 5.91 Å². The number of amides is 1. The normalized spacial score (nSPS) is 10.7. The Morgan fingerprint density at radius 1 is 1.11 bits per heavy atom. The summed E-state index contributed by atoms with van der Waals surface area (Å²) in [7, 11) is 0. The minimum absolute atomic E-state index is 0.229. The van der Waals surface area contributed by atoms with Gasteiger partial charge in [0.2, 0.25) is 0 Å². The van der Waals surface area contributed by atoms with Crippen LogP contribution >= 0.6 is 0 Å². The number of aryl methyl sites for hydroxylation is 1. The monoisotopic (exact) mass is 358 g/mol. The molecule has 1 N–H and O–H groups in total. The fourth-order valence-electron chi connectivity index (χ4n) is 3.00. The highest BCUT2D eigenvalue weighted by Crippen LogP contribution is 2.23. The summed E-state index contributed by atoms with van der Waals surface area (Å²) in [5.41, 5.74) is 3.21. The Kier molecular flexibility index (Phi) is 4.53. The molecular formula is C21H18N4O2. The fraction of sp³-hybridized carbons (Fsp3) is 0.0952. The molecular weight excluding hydrogens is 340 g/mol. The Balaban J connectivity index is 1.55. The van der Waals surface area contributed by atoms with Crippen molar-refractivity contribution in [3.8, 4) is 17.0 Å². The third kappa shape index (κ3) is 3.37. The first-order valence-electron chi connectivity index (χ1n) is 8.60. The first-order valence-corrected chi connectivity index (χ1v) is 8.60. The van der Waals surface area contributed by atoms with Crippen LogP contribution < -0.4 is 5.32 Å². The summed E-state index contributed by atoms with van der Waals surface area (Å²) in [5.74, 6) is 1.12. The van der Waals surface area contributed by atoms with E-state index in [1.807, 2.05) is 72.3 Å². The summed E-state index contributed by atoms with van der Waals surface area (Å²) in [4.78, 5) is 17.0. The van der Waals surface area contributed by atoms with Crippen molar-refractivity contribution >= 4 is 5.91 Å². The smallest absolute Gasteiger partial charge is 0.257 e. The molecule has 0 spiro atoms. The third-order valence-corrected chi connectivity index (χ3v) is 4.37. The quantitative estimate of drug-likeness (QED) is 0.589. The molecule has 0 saturated carbocycles. The van der Waals surface area contributed by atoms with E-state index in [4.69, 9.17) is 4.52 Å². The van der Waals surface area contributed by atoms with Crippen molar-refractivity contribution < 1.29 is 9.32 Å². The van der Waals surface area contributed by atoms with Gasteiger partial charge in [-0.25, -0.2) is 4.98 Å². The van der Waals surface area contributed by atoms with Gasteiger partial charge in [-0.15, -0.1) is 0 Å². The maximum absolute atomic E-state index is 12.7. The van der Waals surface area contributed by atoms with Gasteiger partial charge >= 0.3 is 0 Å². The first-order chi connectivity index (χ1) is 13.2. The lowest BCUT2D eigenvalue weighted by atomic mass is 10.1. The lowest BCUT2D eigenvalue weighted by molar-refractivity contribution is 0.0951. The molecule has 27 heavy (non-hydrogen) atoms. The Bertz CT molecular complexity index is 1070. The van der Waals surface area contributed by atoms with Crippen LogP contribution in [-0.2, 0) is 6.54 Å². The van der Waals surface area contributed by atoms with Gasteiger partial charge in [-0.3, -0.25) is 4.79 Å². The number of aromatic nitrogens is 3. The van der Waals surface area contributed by atoms with E-state index in [9.17, 15) is 4.79 Å². The molecule has 134 valence electrons. The number of hydrogen-bond donors (Lipinski definition) is 1. The highest BCUT2D eigenvalue weighted by Gasteiger charge is 2.18. The van der Waals surface area contributed by atoms with E-state index in [1.54, 1.807) is 6.20 Å². The number of imidazole rings is 1. The van der Waals surface area contributed by atoms with Crippen molar-refractivity contribution in [2.45, 2.75) is 13.5 Å². The standard InChI is InChI=1S/C21H18N4O2/c1-15-22-11-12-25(15)19-10-6-5-9-17(19)13-23-21(26)18-14-24-27-20(18)16-7-3-2-4-8-16/h2-12,14H,13H2,1H3,(H,23,26). The Morgan fingerprint density at radius 3 is 2.67 bits per heavy atom. The van der Waals surface area contributed by atoms with E-state index in [0.29, 0.717) is 17.9 Å². The van der Waals surface area contributed by atoms with E-state index >= 15 is 0 Å². The van der Waals surface area contributed by atoms with Gasteiger partial charge in [0.1, 0.15) is 11.4 Å². The molecule has 0 aliphatic carbocycles. The largest absolute Gasteiger partial charge is 0.355 e. The van der Waals surface area contributed by atoms with Crippen molar-refractivity contribution in [3.05, 3.63) is 90.1 Å². The van der Waals surface area contributed by atoms with Crippen LogP contribution in [0, 0.1) is 6.92 Å². The maximum Gasteiger partial charge on any atom is 0.257 e. The molecule has 0 fully saturated rings. The molecule has 0 atom stereocenters. The molecule has 2 heterocycles. The number of nitrogens with one attached hydrogen (secondary N) is 1. The molecule has 1 amide bonds. The van der Waals surface area contributed by atoms with E-state index < -0.39 is 0 Å². The van der Waals surface area contributed by atoms with Gasteiger partial charge in [0.05, 0.1) is 11.9 Å². The molecule has 0 aliphatic heterocycles. The zero-order chi connectivity index (χ0) is 18.6. The minimum Gasteiger partial charge on any atom is -0.355 e. The summed E-state index contributed by atoms with van der Waals surface area (Å²) >= 11 is 0. The zero-order valence-corrected chi connectivity index (χ0v) is 14.8. The van der Waals surface area contributed by atoms with Crippen LogP contribution in [0.5, 0.6) is 0 Å². The van der Waals surface area contributed by atoms with Crippen LogP contribution in [0.3, 0.4) is 0 Å². The summed E-state index contributed by atoms with van der Waals surface area (Å²) in [6.07, 6.45) is 5.11. The van der Waals surface area contributed by atoms with Gasteiger partial charge in [0, 0.05) is 24.5 Å². The molecule has 4 aromatic rings. The number of carbonyl (C=O) groups excluding carboxylic acids is 1. The van der Waals surface area contributed by atoms with Gasteiger partial charge < -0.3 is 14.4 Å². The van der Waals surface area contributed by atoms with Gasteiger partial charge in [0.25, 0.3) is 5.91 Å². The molecule has 0 aliphatic rings. The summed E-state index contributed by atoms with van der Waals surface area (Å²) < 4.78 is 7.30. The van der Waals surface area contributed by atoms with E-state index in [2.05, 4.69) is 15.5 Å². The minimum atomic E-state index is -0.229. The van der Waals surface area contributed by atoms with Crippen molar-refractivity contribution in [3.63, 3.8) is 0 Å². The second-order valence-electron chi connectivity index (χ2n) is 6.09. The highest BCUT2D eigenvalue weighted by molar-refractivity contribution is 5.99. The van der Waals surface area contributed by atoms with Crippen LogP contribution in [-0.4, -0.2) is 20.6 Å². The highest BCUT2D eigenvalue weighted by atomic mass is 16.5. The average Bonchev–Trinajstić information content (AvgIpc) is 3.36. The Labute approximate surface area is 156 Å². The Hall–Kier alpha value is -3.67. The second kappa shape index (κ2) is 7.29. The third-order valence-electron chi connectivity index (χ3n) is 4.37. The molecule has 6 nitrogen and oxygen atoms in total. The molecule has 0 bridgehead atoms. The molecule has 2 aromatic heterocycles. The predicted octanol–water partition coefficient (Wildman–Crippen LogP) is 3.77. The Morgan fingerprint density at radius 2 is 1.89 bits per heavy atom. The number of nitrogens with zero attached hydrogens (tertiary/aromatic N) is 3. The zero-order valence-electron chi connectivity index (χ0n) is 14.8. The van der Waals surface area contributed by atoms with Crippen LogP contribution in [0.25, 0.3) is 17.0 Å². The van der Waals surface area contributed by atoms with Gasteiger partial charge in [-0.2, -0.15) is 0 Å². The fourth-order valence-corrected chi connectivity index (χ4v) is 3.00. The number of rotatable bonds is 5. The molecule has 0 unspecified atom stereocenters. The molecule has 0 saturated heterocycles. The number of carbonyl (C=O) groups is 1. The maximum atomic E-state index is 12.7. The number of benzene rings is 2. The van der Waals surface area contributed by atoms with E-state index in [1.165, 1.54) is 6.20 Å².